The van der Waals surface area contributed by atoms with Crippen molar-refractivity contribution in [2.24, 2.45) is 5.92 Å². The van der Waals surface area contributed by atoms with Crippen molar-refractivity contribution in [3.8, 4) is 0 Å². The van der Waals surface area contributed by atoms with Gasteiger partial charge in [-0.05, 0) is 38.9 Å². The Kier molecular flexibility index (Phi) is 7.48. The van der Waals surface area contributed by atoms with E-state index in [-0.39, 0.29) is 0 Å². The van der Waals surface area contributed by atoms with Crippen molar-refractivity contribution in [1.82, 2.24) is 4.90 Å². The molecule has 0 amide bonds. The third kappa shape index (κ3) is 5.64. The fourth-order valence-electron chi connectivity index (χ4n) is 2.43. The first-order chi connectivity index (χ1) is 7.86. The van der Waals surface area contributed by atoms with Gasteiger partial charge < -0.3 is 9.69 Å². The van der Waals surface area contributed by atoms with Gasteiger partial charge in [-0.15, -0.1) is 0 Å². The number of rotatable bonds is 8. The van der Waals surface area contributed by atoms with Crippen LogP contribution >= 0.6 is 0 Å². The molecule has 0 aromatic carbocycles. The van der Waals surface area contributed by atoms with Crippen LogP contribution in [0.25, 0.3) is 0 Å². The Morgan fingerprint density at radius 1 is 1.06 bits per heavy atom. The van der Waals surface area contributed by atoms with E-state index >= 15 is 0 Å². The molecule has 1 aliphatic rings. The van der Waals surface area contributed by atoms with Crippen LogP contribution in [0.2, 0.25) is 0 Å². The van der Waals surface area contributed by atoms with Crippen LogP contribution in [0.15, 0.2) is 0 Å². The van der Waals surface area contributed by atoms with E-state index in [9.17, 15) is 4.79 Å². The summed E-state index contributed by atoms with van der Waals surface area (Å²) >= 11 is 0. The molecule has 94 valence electrons. The van der Waals surface area contributed by atoms with Crippen molar-refractivity contribution in [2.75, 3.05) is 19.6 Å². The van der Waals surface area contributed by atoms with E-state index in [1.54, 1.807) is 0 Å². The van der Waals surface area contributed by atoms with Crippen LogP contribution in [-0.4, -0.2) is 30.8 Å². The fourth-order valence-corrected chi connectivity index (χ4v) is 2.43. The summed E-state index contributed by atoms with van der Waals surface area (Å²) in [6, 6.07) is 0. The summed E-state index contributed by atoms with van der Waals surface area (Å²) in [5, 5.41) is 0. The maximum absolute atomic E-state index is 10.6. The molecule has 0 N–H and O–H groups in total. The zero-order chi connectivity index (χ0) is 11.6. The van der Waals surface area contributed by atoms with Gasteiger partial charge in [-0.2, -0.15) is 0 Å². The summed E-state index contributed by atoms with van der Waals surface area (Å²) in [6.07, 6.45) is 11.6. The second-order valence-electron chi connectivity index (χ2n) is 5.08. The van der Waals surface area contributed by atoms with Gasteiger partial charge in [0.1, 0.15) is 6.29 Å². The summed E-state index contributed by atoms with van der Waals surface area (Å²) in [5.41, 5.74) is 0. The molecule has 2 heteroatoms. The lowest BCUT2D eigenvalue weighted by Crippen LogP contribution is -2.34. The summed E-state index contributed by atoms with van der Waals surface area (Å²) in [6.45, 7) is 5.78. The van der Waals surface area contributed by atoms with E-state index in [0.29, 0.717) is 5.92 Å². The fraction of sp³-hybridized carbons (Fsp3) is 0.929. The molecule has 0 aromatic rings. The first kappa shape index (κ1) is 13.7. The highest BCUT2D eigenvalue weighted by Gasteiger charge is 2.17. The van der Waals surface area contributed by atoms with Crippen molar-refractivity contribution in [1.29, 1.82) is 0 Å². The standard InChI is InChI=1S/C14H27NO/c1-2-3-4-5-6-7-10-15-11-8-14(13-16)9-12-15/h13-14H,2-12H2,1H3. The van der Waals surface area contributed by atoms with Crippen LogP contribution in [0.1, 0.15) is 58.3 Å². The molecule has 0 aromatic heterocycles. The highest BCUT2D eigenvalue weighted by Crippen LogP contribution is 2.15. The number of hydrogen-bond acceptors (Lipinski definition) is 2. The third-order valence-electron chi connectivity index (χ3n) is 3.65. The van der Waals surface area contributed by atoms with Gasteiger partial charge in [0.2, 0.25) is 0 Å². The molecule has 0 bridgehead atoms. The van der Waals surface area contributed by atoms with Crippen LogP contribution < -0.4 is 0 Å². The minimum absolute atomic E-state index is 0.348. The summed E-state index contributed by atoms with van der Waals surface area (Å²) < 4.78 is 0. The number of carbonyl (C=O) groups is 1. The highest BCUT2D eigenvalue weighted by atomic mass is 16.1. The molecular formula is C14H27NO. The van der Waals surface area contributed by atoms with Crippen molar-refractivity contribution < 1.29 is 4.79 Å². The first-order valence-corrected chi connectivity index (χ1v) is 7.04. The average Bonchev–Trinajstić information content (AvgIpc) is 2.34. The first-order valence-electron chi connectivity index (χ1n) is 7.04. The van der Waals surface area contributed by atoms with Crippen molar-refractivity contribution in [3.63, 3.8) is 0 Å². The maximum atomic E-state index is 10.6. The Balaban J connectivity index is 1.92. The Labute approximate surface area is 100 Å². The van der Waals surface area contributed by atoms with E-state index in [1.807, 2.05) is 0 Å². The van der Waals surface area contributed by atoms with Crippen molar-refractivity contribution in [3.05, 3.63) is 0 Å². The summed E-state index contributed by atoms with van der Waals surface area (Å²) in [5.74, 6) is 0.348. The molecule has 2 nitrogen and oxygen atoms in total. The number of piperidine rings is 1. The van der Waals surface area contributed by atoms with Crippen molar-refractivity contribution in [2.45, 2.75) is 58.3 Å². The van der Waals surface area contributed by atoms with Crippen LogP contribution in [0, 0.1) is 5.92 Å². The molecule has 0 radical (unpaired) electrons. The molecule has 0 aliphatic carbocycles. The van der Waals surface area contributed by atoms with E-state index in [4.69, 9.17) is 0 Å². The topological polar surface area (TPSA) is 20.3 Å². The van der Waals surface area contributed by atoms with E-state index < -0.39 is 0 Å². The smallest absolute Gasteiger partial charge is 0.123 e. The monoisotopic (exact) mass is 225 g/mol. The molecule has 1 fully saturated rings. The molecule has 16 heavy (non-hydrogen) atoms. The number of unbranched alkanes of at least 4 members (excludes halogenated alkanes) is 5. The van der Waals surface area contributed by atoms with Gasteiger partial charge in [0.05, 0.1) is 0 Å². The zero-order valence-electron chi connectivity index (χ0n) is 10.8. The predicted octanol–water partition coefficient (Wildman–Crippen LogP) is 3.26. The Morgan fingerprint density at radius 2 is 1.69 bits per heavy atom. The molecule has 1 aliphatic heterocycles. The molecule has 0 saturated carbocycles. The Hall–Kier alpha value is -0.370. The molecule has 0 atom stereocenters. The number of hydrogen-bond donors (Lipinski definition) is 0. The lowest BCUT2D eigenvalue weighted by molar-refractivity contribution is -0.112. The lowest BCUT2D eigenvalue weighted by Gasteiger charge is -2.29. The van der Waals surface area contributed by atoms with Crippen LogP contribution in [0.5, 0.6) is 0 Å². The number of nitrogens with zero attached hydrogens (tertiary/aromatic N) is 1. The predicted molar refractivity (Wildman–Crippen MR) is 68.6 cm³/mol. The van der Waals surface area contributed by atoms with Gasteiger partial charge in [-0.3, -0.25) is 0 Å². The molecule has 1 rings (SSSR count). The SMILES string of the molecule is CCCCCCCCN1CCC(C=O)CC1. The summed E-state index contributed by atoms with van der Waals surface area (Å²) in [7, 11) is 0. The second-order valence-corrected chi connectivity index (χ2v) is 5.08. The van der Waals surface area contributed by atoms with Crippen molar-refractivity contribution >= 4 is 6.29 Å². The highest BCUT2D eigenvalue weighted by molar-refractivity contribution is 5.53. The molecule has 1 heterocycles. The quantitative estimate of drug-likeness (QED) is 0.467. The van der Waals surface area contributed by atoms with Gasteiger partial charge in [0.25, 0.3) is 0 Å². The van der Waals surface area contributed by atoms with Crippen LogP contribution in [0.4, 0.5) is 0 Å². The zero-order valence-corrected chi connectivity index (χ0v) is 10.8. The second kappa shape index (κ2) is 8.74. The lowest BCUT2D eigenvalue weighted by atomic mass is 9.98. The van der Waals surface area contributed by atoms with Crippen LogP contribution in [0.3, 0.4) is 0 Å². The molecule has 0 spiro atoms. The number of carbonyl (C=O) groups excluding carboxylic acids is 1. The van der Waals surface area contributed by atoms with Gasteiger partial charge in [0, 0.05) is 5.92 Å². The largest absolute Gasteiger partial charge is 0.303 e. The van der Waals surface area contributed by atoms with Gasteiger partial charge in [0.15, 0.2) is 0 Å². The average molecular weight is 225 g/mol. The van der Waals surface area contributed by atoms with Gasteiger partial charge in [-0.25, -0.2) is 0 Å². The summed E-state index contributed by atoms with van der Waals surface area (Å²) in [4.78, 5) is 13.1. The van der Waals surface area contributed by atoms with Crippen LogP contribution in [-0.2, 0) is 4.79 Å². The minimum Gasteiger partial charge on any atom is -0.303 e. The Bertz CT molecular complexity index is 174. The van der Waals surface area contributed by atoms with E-state index in [2.05, 4.69) is 11.8 Å². The maximum Gasteiger partial charge on any atom is 0.123 e. The number of likely N-dealkylation sites (tertiary alicyclic amines) is 1. The van der Waals surface area contributed by atoms with Gasteiger partial charge >= 0.3 is 0 Å². The van der Waals surface area contributed by atoms with Gasteiger partial charge in [-0.1, -0.05) is 39.0 Å². The third-order valence-corrected chi connectivity index (χ3v) is 3.65. The molecular weight excluding hydrogens is 198 g/mol. The molecule has 0 unspecified atom stereocenters. The normalized spacial score (nSPS) is 18.8. The van der Waals surface area contributed by atoms with E-state index in [1.165, 1.54) is 45.1 Å². The molecule has 1 saturated heterocycles. The minimum atomic E-state index is 0.348. The van der Waals surface area contributed by atoms with E-state index in [0.717, 1.165) is 32.2 Å². The Morgan fingerprint density at radius 3 is 2.31 bits per heavy atom. The number of aldehydes is 1.